The number of nitrogens with zero attached hydrogens (tertiary/aromatic N) is 4. The minimum absolute atomic E-state index is 0.561. The van der Waals surface area contributed by atoms with E-state index in [2.05, 4.69) is 89.5 Å². The van der Waals surface area contributed by atoms with Gasteiger partial charge in [0.1, 0.15) is 11.5 Å². The molecule has 1 aromatic carbocycles. The van der Waals surface area contributed by atoms with Gasteiger partial charge in [0, 0.05) is 46.6 Å². The number of hydrogen-bond donors (Lipinski definition) is 2. The van der Waals surface area contributed by atoms with Gasteiger partial charge in [-0.2, -0.15) is 0 Å². The van der Waals surface area contributed by atoms with Crippen LogP contribution in [0.4, 0.5) is 0 Å². The summed E-state index contributed by atoms with van der Waals surface area (Å²) in [5.74, 6) is 1.35. The second-order valence-corrected chi connectivity index (χ2v) is 19.7. The van der Waals surface area contributed by atoms with Crippen LogP contribution in [0.2, 0.25) is 0 Å². The van der Waals surface area contributed by atoms with E-state index >= 15 is 0 Å². The Morgan fingerprint density at radius 3 is 1.97 bits per heavy atom. The van der Waals surface area contributed by atoms with Crippen molar-refractivity contribution in [1.29, 1.82) is 0 Å². The fraction of sp³-hybridized carbons (Fsp3) is 0.510. The number of H-pyrrole nitrogens is 2. The van der Waals surface area contributed by atoms with Crippen molar-refractivity contribution < 1.29 is 18.4 Å². The van der Waals surface area contributed by atoms with Crippen LogP contribution in [0, 0.1) is 0 Å². The molecular weight excluding hydrogens is 775 g/mol. The first-order valence-corrected chi connectivity index (χ1v) is 22.7. The number of hydrogen-bond acceptors (Lipinski definition) is 4. The van der Waals surface area contributed by atoms with Crippen LogP contribution >= 0.6 is 23.2 Å². The molecule has 0 aliphatic carbocycles. The minimum Gasteiger partial charge on any atom is -0.493 e. The van der Waals surface area contributed by atoms with E-state index in [4.69, 9.17) is 42.7 Å². The second-order valence-electron chi connectivity index (χ2n) is 18.6. The average molecular weight is 844 g/mol. The molecule has 3 aromatic rings. The summed E-state index contributed by atoms with van der Waals surface area (Å²) in [6.07, 6.45) is 26.6. The number of nitrogens with one attached hydrogen (secondary N) is 2. The van der Waals surface area contributed by atoms with Gasteiger partial charge in [-0.15, -0.1) is 11.6 Å². The highest BCUT2D eigenvalue weighted by Crippen LogP contribution is 2.53. The van der Waals surface area contributed by atoms with Crippen molar-refractivity contribution in [1.82, 2.24) is 9.97 Å². The minimum atomic E-state index is -1.39. The zero-order chi connectivity index (χ0) is 42.1. The summed E-state index contributed by atoms with van der Waals surface area (Å²) in [7, 11) is 13.1. The van der Waals surface area contributed by atoms with E-state index in [9.17, 15) is 0 Å². The largest absolute Gasteiger partial charge is 0.493 e. The van der Waals surface area contributed by atoms with Crippen LogP contribution in [0.25, 0.3) is 17.7 Å². The number of allylic oxidation sites excluding steroid dienone is 3. The quantitative estimate of drug-likeness (QED) is 0.0486. The van der Waals surface area contributed by atoms with Crippen LogP contribution in [-0.4, -0.2) is 104 Å². The number of fused-ring (bicyclic) bond motifs is 6. The Labute approximate surface area is 363 Å². The van der Waals surface area contributed by atoms with Crippen molar-refractivity contribution in [3.63, 3.8) is 0 Å². The first-order valence-electron chi connectivity index (χ1n) is 21.9. The summed E-state index contributed by atoms with van der Waals surface area (Å²) < 4.78 is 14.6. The second kappa shape index (κ2) is 19.7. The Morgan fingerprint density at radius 1 is 0.678 bits per heavy atom. The summed E-state index contributed by atoms with van der Waals surface area (Å²) in [5, 5.41) is 2.02. The van der Waals surface area contributed by atoms with E-state index in [1.807, 2.05) is 48.6 Å². The van der Waals surface area contributed by atoms with Crippen LogP contribution < -0.4 is 20.2 Å². The van der Waals surface area contributed by atoms with Crippen molar-refractivity contribution in [3.05, 3.63) is 100 Å². The number of aliphatic imine (C=N–C) groups is 2. The first-order chi connectivity index (χ1) is 28.1. The van der Waals surface area contributed by atoms with Gasteiger partial charge in [-0.3, -0.25) is 4.99 Å². The normalized spacial score (nSPS) is 20.1. The lowest BCUT2D eigenvalue weighted by atomic mass is 9.87. The Morgan fingerprint density at radius 2 is 1.32 bits per heavy atom. The molecule has 0 radical (unpaired) electrons. The molecule has 59 heavy (non-hydrogen) atoms. The molecule has 2 unspecified atom stereocenters. The molecule has 6 rings (SSSR count). The number of aromatic nitrogens is 2. The van der Waals surface area contributed by atoms with Gasteiger partial charge >= 0.3 is 0 Å². The predicted molar refractivity (Wildman–Crippen MR) is 249 cm³/mol. The number of quaternary nitrogens is 2. The highest BCUT2D eigenvalue weighted by atomic mass is 35.5. The van der Waals surface area contributed by atoms with Crippen LogP contribution in [0.3, 0.4) is 0 Å². The number of rotatable bonds is 21. The summed E-state index contributed by atoms with van der Waals surface area (Å²) in [6, 6.07) is 14.2. The maximum absolute atomic E-state index is 8.04. The van der Waals surface area contributed by atoms with E-state index < -0.39 is 9.87 Å². The number of halogens is 2. The number of aromatic amines is 2. The molecule has 0 amide bonds. The zero-order valence-electron chi connectivity index (χ0n) is 36.7. The van der Waals surface area contributed by atoms with Crippen molar-refractivity contribution in [2.45, 2.75) is 93.8 Å². The molecule has 2 atom stereocenters. The monoisotopic (exact) mass is 842 g/mol. The fourth-order valence-electron chi connectivity index (χ4n) is 8.00. The SMILES string of the molecule is CCCCCCCCCCCC1=c2ccc([nH]2)=CC2=NC(Cl)(C=C2)C(Cl)(c2cc(OCCC[N+](C)(C)C)cc(OCCC[N+](C)(C)C)c2)c2ccc([nH]2)C=C2C=CC1=N2. The maximum Gasteiger partial charge on any atom is 0.181 e. The summed E-state index contributed by atoms with van der Waals surface area (Å²) in [5.41, 5.74) is 6.12. The van der Waals surface area contributed by atoms with Crippen molar-refractivity contribution in [2.75, 3.05) is 68.6 Å². The average Bonchev–Trinajstić information content (AvgIpc) is 4.01. The van der Waals surface area contributed by atoms with E-state index in [1.54, 1.807) is 0 Å². The standard InChI is InChI=1S/C49H68Cl2N6O2/c1-8-9-10-11-12-13-14-15-16-19-44-45-23-20-38(52-45)34-40-22-25-47(54-40)49(51,48(50)27-26-41(55-48)35-39-21-24-46(44)53-39)37-32-42(58-30-17-28-56(2,3)4)36-43(33-37)59-31-18-29-57(5,6)7/h20-27,32-36,53-54H,8-19,28-31H2,1-7H3/q+2. The molecule has 3 aliphatic rings. The lowest BCUT2D eigenvalue weighted by Gasteiger charge is -2.37. The number of benzene rings is 1. The van der Waals surface area contributed by atoms with E-state index in [0.717, 1.165) is 86.8 Å². The summed E-state index contributed by atoms with van der Waals surface area (Å²) in [4.78, 5) is 14.8. The third-order valence-electron chi connectivity index (χ3n) is 11.2. The van der Waals surface area contributed by atoms with Gasteiger partial charge in [-0.1, -0.05) is 69.9 Å². The Balaban J connectivity index is 1.35. The number of unbranched alkanes of at least 4 members (excludes halogenated alkanes) is 8. The van der Waals surface area contributed by atoms with Crippen LogP contribution in [0.1, 0.15) is 101 Å². The van der Waals surface area contributed by atoms with Gasteiger partial charge in [-0.25, -0.2) is 4.99 Å². The number of alkyl halides is 2. The maximum atomic E-state index is 8.04. The Bertz CT molecular complexity index is 2140. The molecule has 5 heterocycles. The number of ether oxygens (including phenoxy) is 2. The van der Waals surface area contributed by atoms with Gasteiger partial charge in [0.15, 0.2) is 9.87 Å². The third kappa shape index (κ3) is 12.2. The summed E-state index contributed by atoms with van der Waals surface area (Å²) >= 11 is 15.7. The van der Waals surface area contributed by atoms with E-state index in [1.165, 1.54) is 56.9 Å². The Kier molecular flexibility index (Phi) is 14.9. The highest BCUT2D eigenvalue weighted by molar-refractivity contribution is 6.39. The van der Waals surface area contributed by atoms with Crippen molar-refractivity contribution in [3.8, 4) is 11.5 Å². The zero-order valence-corrected chi connectivity index (χ0v) is 38.2. The Hall–Kier alpha value is -3.82. The van der Waals surface area contributed by atoms with Crippen molar-refractivity contribution >= 4 is 52.4 Å². The lowest BCUT2D eigenvalue weighted by molar-refractivity contribution is -0.870. The molecule has 0 saturated heterocycles. The van der Waals surface area contributed by atoms with Gasteiger partial charge in [0.05, 0.1) is 85.7 Å². The highest BCUT2D eigenvalue weighted by Gasteiger charge is 2.53. The van der Waals surface area contributed by atoms with E-state index in [0.29, 0.717) is 30.4 Å². The molecule has 0 saturated carbocycles. The molecule has 8 bridgehead atoms. The lowest BCUT2D eigenvalue weighted by Crippen LogP contribution is -2.41. The molecular formula is C49H68Cl2N6O2+2. The van der Waals surface area contributed by atoms with E-state index in [-0.39, 0.29) is 0 Å². The van der Waals surface area contributed by atoms with Crippen LogP contribution in [0.5, 0.6) is 11.5 Å². The third-order valence-corrected chi connectivity index (χ3v) is 12.5. The molecule has 2 aromatic heterocycles. The van der Waals surface area contributed by atoms with Gasteiger partial charge in [0.25, 0.3) is 0 Å². The first kappa shape index (κ1) is 44.7. The van der Waals surface area contributed by atoms with Crippen molar-refractivity contribution in [2.24, 2.45) is 9.98 Å². The smallest absolute Gasteiger partial charge is 0.181 e. The van der Waals surface area contributed by atoms with Crippen LogP contribution in [0.15, 0.2) is 82.5 Å². The predicted octanol–water partition coefficient (Wildman–Crippen LogP) is 9.64. The molecule has 2 N–H and O–H groups in total. The fourth-order valence-corrected chi connectivity index (χ4v) is 8.70. The molecule has 318 valence electrons. The van der Waals surface area contributed by atoms with Gasteiger partial charge in [0.2, 0.25) is 0 Å². The molecule has 3 aliphatic heterocycles. The van der Waals surface area contributed by atoms with Gasteiger partial charge in [-0.05, 0) is 91.3 Å². The summed E-state index contributed by atoms with van der Waals surface area (Å²) in [6.45, 7) is 5.37. The van der Waals surface area contributed by atoms with Crippen LogP contribution in [-0.2, 0) is 4.87 Å². The van der Waals surface area contributed by atoms with Gasteiger partial charge < -0.3 is 28.4 Å². The molecule has 10 heteroatoms. The molecule has 8 nitrogen and oxygen atoms in total. The molecule has 0 spiro atoms. The molecule has 0 fully saturated rings. The topological polar surface area (TPSA) is 74.8 Å².